The molecule has 1 heterocycles. The molecule has 25 heavy (non-hydrogen) atoms. The zero-order valence-corrected chi connectivity index (χ0v) is 16.0. The molecule has 0 unspecified atom stereocenters. The minimum Gasteiger partial charge on any atom is -0.748 e. The number of fused-ring (bicyclic) bond motifs is 1. The van der Waals surface area contributed by atoms with E-state index in [1.54, 1.807) is 11.3 Å². The van der Waals surface area contributed by atoms with E-state index in [0.717, 1.165) is 17.7 Å². The number of hydrogen-bond donors (Lipinski definition) is 0. The SMILES string of the molecule is CCS(=O)(=O)[O-].CC[n+]1c(C)sc2cc(-c3ccc(F)cc3)ccc21. The van der Waals surface area contributed by atoms with E-state index >= 15 is 0 Å². The van der Waals surface area contributed by atoms with Crippen LogP contribution in [0.3, 0.4) is 0 Å². The van der Waals surface area contributed by atoms with E-state index in [4.69, 9.17) is 0 Å². The van der Waals surface area contributed by atoms with Crippen LogP contribution >= 0.6 is 11.3 Å². The topological polar surface area (TPSA) is 61.1 Å². The fourth-order valence-electron chi connectivity index (χ4n) is 2.42. The Bertz CT molecular complexity index is 964. The Hall–Kier alpha value is -1.83. The number of benzene rings is 2. The first-order valence-corrected chi connectivity index (χ1v) is 10.3. The second-order valence-electron chi connectivity index (χ2n) is 5.40. The van der Waals surface area contributed by atoms with Crippen LogP contribution in [-0.4, -0.2) is 18.7 Å². The van der Waals surface area contributed by atoms with Crippen molar-refractivity contribution in [3.8, 4) is 11.1 Å². The molecule has 3 aromatic rings. The Morgan fingerprint density at radius 1 is 1.08 bits per heavy atom. The first-order valence-electron chi connectivity index (χ1n) is 7.87. The summed E-state index contributed by atoms with van der Waals surface area (Å²) in [5, 5.41) is 1.31. The number of nitrogens with zero attached hydrogens (tertiary/aromatic N) is 1. The summed E-state index contributed by atoms with van der Waals surface area (Å²) in [5.74, 6) is -0.506. The highest BCUT2D eigenvalue weighted by Crippen LogP contribution is 2.27. The Kier molecular flexibility index (Phi) is 6.26. The van der Waals surface area contributed by atoms with Crippen molar-refractivity contribution >= 4 is 31.7 Å². The number of aromatic nitrogens is 1. The molecule has 0 aliphatic carbocycles. The van der Waals surface area contributed by atoms with Crippen molar-refractivity contribution in [2.45, 2.75) is 27.3 Å². The summed E-state index contributed by atoms with van der Waals surface area (Å²) < 4.78 is 44.9. The van der Waals surface area contributed by atoms with Crippen molar-refractivity contribution < 1.29 is 21.9 Å². The number of rotatable bonds is 3. The summed E-state index contributed by atoms with van der Waals surface area (Å²) in [7, 11) is -3.91. The summed E-state index contributed by atoms with van der Waals surface area (Å²) in [6.07, 6.45) is 0. The lowest BCUT2D eigenvalue weighted by Gasteiger charge is -2.00. The molecule has 0 saturated heterocycles. The lowest BCUT2D eigenvalue weighted by atomic mass is 10.1. The molecule has 134 valence electrons. The summed E-state index contributed by atoms with van der Waals surface area (Å²) in [6, 6.07) is 13.1. The highest BCUT2D eigenvalue weighted by Gasteiger charge is 2.15. The Labute approximate surface area is 151 Å². The normalized spacial score (nSPS) is 11.2. The average Bonchev–Trinajstić information content (AvgIpc) is 2.89. The summed E-state index contributed by atoms with van der Waals surface area (Å²) >= 11 is 1.80. The van der Waals surface area contributed by atoms with Crippen molar-refractivity contribution in [1.82, 2.24) is 0 Å². The van der Waals surface area contributed by atoms with Crippen LogP contribution < -0.4 is 4.57 Å². The van der Waals surface area contributed by atoms with Gasteiger partial charge < -0.3 is 4.55 Å². The van der Waals surface area contributed by atoms with Crippen LogP contribution in [0, 0.1) is 12.7 Å². The van der Waals surface area contributed by atoms with E-state index in [1.165, 1.54) is 34.3 Å². The van der Waals surface area contributed by atoms with Crippen LogP contribution in [0.25, 0.3) is 21.3 Å². The third-order valence-electron chi connectivity index (χ3n) is 3.74. The molecule has 0 amide bonds. The monoisotopic (exact) mass is 381 g/mol. The first kappa shape index (κ1) is 19.5. The summed E-state index contributed by atoms with van der Waals surface area (Å²) in [6.45, 7) is 6.60. The number of halogens is 1. The van der Waals surface area contributed by atoms with Crippen LogP contribution in [0.2, 0.25) is 0 Å². The van der Waals surface area contributed by atoms with Crippen molar-refractivity contribution in [1.29, 1.82) is 0 Å². The maximum absolute atomic E-state index is 13.0. The third kappa shape index (κ3) is 5.07. The van der Waals surface area contributed by atoms with Gasteiger partial charge in [0.15, 0.2) is 0 Å². The second kappa shape index (κ2) is 8.03. The first-order chi connectivity index (χ1) is 11.7. The summed E-state index contributed by atoms with van der Waals surface area (Å²) in [4.78, 5) is 0. The lowest BCUT2D eigenvalue weighted by Crippen LogP contribution is -2.33. The molecule has 2 aromatic carbocycles. The number of hydrogen-bond acceptors (Lipinski definition) is 4. The predicted octanol–water partition coefficient (Wildman–Crippen LogP) is 3.87. The van der Waals surface area contributed by atoms with E-state index in [9.17, 15) is 17.4 Å². The Morgan fingerprint density at radius 2 is 1.64 bits per heavy atom. The molecule has 0 bridgehead atoms. The van der Waals surface area contributed by atoms with E-state index in [1.807, 2.05) is 12.1 Å². The third-order valence-corrected chi connectivity index (χ3v) is 5.51. The standard InChI is InChI=1S/C16H15FNS.C2H6O3S/c1-3-18-11(2)19-16-10-13(6-9-15(16)18)12-4-7-14(17)8-5-12;1-2-6(3,4)5/h4-10H,3H2,1-2H3;2H2,1H3,(H,3,4,5)/q+1;/p-1. The lowest BCUT2D eigenvalue weighted by molar-refractivity contribution is -0.669. The number of thiazole rings is 1. The maximum atomic E-state index is 13.0. The van der Waals surface area contributed by atoms with Crippen molar-refractivity contribution in [2.75, 3.05) is 5.75 Å². The Balaban J connectivity index is 0.000000326. The van der Waals surface area contributed by atoms with E-state index in [-0.39, 0.29) is 11.6 Å². The molecule has 0 aliphatic heterocycles. The van der Waals surface area contributed by atoms with Gasteiger partial charge in [-0.3, -0.25) is 0 Å². The van der Waals surface area contributed by atoms with Crippen LogP contribution in [-0.2, 0) is 16.7 Å². The highest BCUT2D eigenvalue weighted by atomic mass is 32.2. The molecule has 0 radical (unpaired) electrons. The van der Waals surface area contributed by atoms with Gasteiger partial charge in [-0.05, 0) is 42.3 Å². The average molecular weight is 381 g/mol. The van der Waals surface area contributed by atoms with Gasteiger partial charge in [0, 0.05) is 18.7 Å². The molecule has 7 heteroatoms. The fraction of sp³-hybridized carbons (Fsp3) is 0.278. The smallest absolute Gasteiger partial charge is 0.235 e. The zero-order chi connectivity index (χ0) is 18.6. The molecule has 0 N–H and O–H groups in total. The van der Waals surface area contributed by atoms with Crippen LogP contribution in [0.15, 0.2) is 42.5 Å². The van der Waals surface area contributed by atoms with Gasteiger partial charge in [0.05, 0.1) is 10.1 Å². The largest absolute Gasteiger partial charge is 0.748 e. The minimum absolute atomic E-state index is 0.194. The van der Waals surface area contributed by atoms with E-state index < -0.39 is 10.1 Å². The van der Waals surface area contributed by atoms with Gasteiger partial charge in [-0.15, -0.1) is 0 Å². The molecular formula is C18H20FNO3S2. The van der Waals surface area contributed by atoms with Crippen molar-refractivity contribution in [3.63, 3.8) is 0 Å². The molecule has 0 aliphatic rings. The predicted molar refractivity (Wildman–Crippen MR) is 98.1 cm³/mol. The van der Waals surface area contributed by atoms with Crippen molar-refractivity contribution in [3.05, 3.63) is 53.3 Å². The Morgan fingerprint density at radius 3 is 2.16 bits per heavy atom. The van der Waals surface area contributed by atoms with Gasteiger partial charge in [-0.25, -0.2) is 12.8 Å². The highest BCUT2D eigenvalue weighted by molar-refractivity contribution is 7.85. The van der Waals surface area contributed by atoms with Gasteiger partial charge >= 0.3 is 0 Å². The number of aryl methyl sites for hydroxylation is 2. The molecule has 0 fully saturated rings. The second-order valence-corrected chi connectivity index (χ2v) is 8.33. The van der Waals surface area contributed by atoms with Crippen molar-refractivity contribution in [2.24, 2.45) is 0 Å². The molecule has 0 saturated carbocycles. The molecule has 1 aromatic heterocycles. The van der Waals surface area contributed by atoms with Crippen LogP contribution in [0.5, 0.6) is 0 Å². The van der Waals surface area contributed by atoms with Gasteiger partial charge in [0.25, 0.3) is 0 Å². The van der Waals surface area contributed by atoms with E-state index in [2.05, 4.69) is 36.6 Å². The molecule has 3 rings (SSSR count). The molecular weight excluding hydrogens is 361 g/mol. The fourth-order valence-corrected chi connectivity index (χ4v) is 3.54. The minimum atomic E-state index is -3.91. The summed E-state index contributed by atoms with van der Waals surface area (Å²) in [5.41, 5.74) is 3.46. The van der Waals surface area contributed by atoms with Crippen LogP contribution in [0.1, 0.15) is 18.9 Å². The maximum Gasteiger partial charge on any atom is 0.235 e. The molecule has 0 spiro atoms. The zero-order valence-electron chi connectivity index (χ0n) is 14.3. The van der Waals surface area contributed by atoms with E-state index in [0.29, 0.717) is 0 Å². The van der Waals surface area contributed by atoms with Gasteiger partial charge in [-0.2, -0.15) is 4.57 Å². The van der Waals surface area contributed by atoms with Gasteiger partial charge in [0.2, 0.25) is 10.5 Å². The van der Waals surface area contributed by atoms with Crippen LogP contribution in [0.4, 0.5) is 4.39 Å². The quantitative estimate of drug-likeness (QED) is 0.511. The molecule has 4 nitrogen and oxygen atoms in total. The van der Waals surface area contributed by atoms with Gasteiger partial charge in [0.1, 0.15) is 17.1 Å². The molecule has 0 atom stereocenters. The van der Waals surface area contributed by atoms with Gasteiger partial charge in [-0.1, -0.05) is 30.4 Å².